The Morgan fingerprint density at radius 3 is 2.62 bits per heavy atom. The minimum Gasteiger partial charge on any atom is -0.266 e. The van der Waals surface area contributed by atoms with Crippen molar-refractivity contribution in [2.24, 2.45) is 0 Å². The first-order chi connectivity index (χ1) is 7.31. The second kappa shape index (κ2) is 5.54. The summed E-state index contributed by atoms with van der Waals surface area (Å²) in [6.45, 7) is -0.0884. The third kappa shape index (κ3) is 4.10. The van der Waals surface area contributed by atoms with Gasteiger partial charge in [-0.15, -0.1) is 0 Å². The van der Waals surface area contributed by atoms with Crippen LogP contribution < -0.4 is 5.56 Å². The van der Waals surface area contributed by atoms with Crippen molar-refractivity contribution < 1.29 is 13.2 Å². The van der Waals surface area contributed by atoms with E-state index in [1.54, 1.807) is 0 Å². The van der Waals surface area contributed by atoms with Crippen LogP contribution in [0, 0.1) is 0 Å². The van der Waals surface area contributed by atoms with E-state index in [1.165, 1.54) is 6.20 Å². The Labute approximate surface area is 110 Å². The van der Waals surface area contributed by atoms with Crippen molar-refractivity contribution in [3.05, 3.63) is 25.5 Å². The van der Waals surface area contributed by atoms with Gasteiger partial charge in [0.2, 0.25) is 0 Å². The molecule has 0 N–H and O–H groups in total. The lowest BCUT2D eigenvalue weighted by Crippen LogP contribution is -2.25. The van der Waals surface area contributed by atoms with Crippen LogP contribution in [0.3, 0.4) is 0 Å². The van der Waals surface area contributed by atoms with Crippen molar-refractivity contribution in [3.8, 4) is 0 Å². The summed E-state index contributed by atoms with van der Waals surface area (Å²) in [6, 6.07) is 0. The summed E-state index contributed by atoms with van der Waals surface area (Å²) in [7, 11) is 0. The first-order valence-corrected chi connectivity index (χ1v) is 6.50. The molecule has 0 amide bonds. The largest absolute Gasteiger partial charge is 0.441 e. The van der Waals surface area contributed by atoms with Gasteiger partial charge in [0, 0.05) is 5.75 Å². The SMILES string of the molecule is O=c1c(Br)c(Br)cnn1CCSC(F)(F)F. The van der Waals surface area contributed by atoms with Crippen LogP contribution in [-0.2, 0) is 6.54 Å². The smallest absolute Gasteiger partial charge is 0.266 e. The van der Waals surface area contributed by atoms with Crippen molar-refractivity contribution in [3.63, 3.8) is 0 Å². The van der Waals surface area contributed by atoms with E-state index in [9.17, 15) is 18.0 Å². The number of halogens is 5. The Kier molecular flexibility index (Phi) is 4.87. The molecule has 1 aromatic rings. The highest BCUT2D eigenvalue weighted by Gasteiger charge is 2.27. The lowest BCUT2D eigenvalue weighted by atomic mass is 10.5. The molecule has 0 saturated carbocycles. The van der Waals surface area contributed by atoms with Gasteiger partial charge in [-0.3, -0.25) is 4.79 Å². The lowest BCUT2D eigenvalue weighted by Gasteiger charge is -2.07. The maximum absolute atomic E-state index is 11.8. The van der Waals surface area contributed by atoms with Crippen LogP contribution in [0.5, 0.6) is 0 Å². The Bertz CT molecular complexity index is 435. The Hall–Kier alpha value is -0.0200. The fourth-order valence-corrected chi connectivity index (χ4v) is 1.92. The maximum Gasteiger partial charge on any atom is 0.441 e. The molecule has 0 radical (unpaired) electrons. The number of nitrogens with zero attached hydrogens (tertiary/aromatic N) is 2. The zero-order valence-electron chi connectivity index (χ0n) is 7.59. The molecule has 3 nitrogen and oxygen atoms in total. The Morgan fingerprint density at radius 1 is 1.44 bits per heavy atom. The topological polar surface area (TPSA) is 34.9 Å². The molecule has 1 heterocycles. The van der Waals surface area contributed by atoms with Gasteiger partial charge in [0.1, 0.15) is 4.47 Å². The summed E-state index contributed by atoms with van der Waals surface area (Å²) >= 11 is 5.90. The van der Waals surface area contributed by atoms with Crippen LogP contribution in [-0.4, -0.2) is 21.0 Å². The maximum atomic E-state index is 11.8. The summed E-state index contributed by atoms with van der Waals surface area (Å²) in [4.78, 5) is 11.5. The molecule has 1 rings (SSSR count). The van der Waals surface area contributed by atoms with Gasteiger partial charge < -0.3 is 0 Å². The van der Waals surface area contributed by atoms with Gasteiger partial charge in [-0.1, -0.05) is 0 Å². The summed E-state index contributed by atoms with van der Waals surface area (Å²) < 4.78 is 37.2. The number of aryl methyl sites for hydroxylation is 1. The molecule has 0 aromatic carbocycles. The molecule has 0 atom stereocenters. The van der Waals surface area contributed by atoms with E-state index in [2.05, 4.69) is 37.0 Å². The van der Waals surface area contributed by atoms with Crippen LogP contribution in [0.4, 0.5) is 13.2 Å². The Balaban J connectivity index is 2.69. The number of hydrogen-bond donors (Lipinski definition) is 0. The quantitative estimate of drug-likeness (QED) is 0.807. The van der Waals surface area contributed by atoms with E-state index in [-0.39, 0.29) is 28.5 Å². The standard InChI is InChI=1S/C7H5Br2F3N2OS/c8-4-3-13-14(6(15)5(4)9)1-2-16-7(10,11)12/h3H,1-2H2. The lowest BCUT2D eigenvalue weighted by molar-refractivity contribution is -0.0328. The monoisotopic (exact) mass is 380 g/mol. The fraction of sp³-hybridized carbons (Fsp3) is 0.429. The fourth-order valence-electron chi connectivity index (χ4n) is 0.852. The summed E-state index contributed by atoms with van der Waals surface area (Å²) in [5, 5.41) is 3.70. The van der Waals surface area contributed by atoms with Crippen molar-refractivity contribution in [2.45, 2.75) is 12.1 Å². The molecular weight excluding hydrogens is 377 g/mol. The highest BCUT2D eigenvalue weighted by atomic mass is 79.9. The number of alkyl halides is 3. The van der Waals surface area contributed by atoms with E-state index in [4.69, 9.17) is 0 Å². The minimum absolute atomic E-state index is 0.0884. The van der Waals surface area contributed by atoms with Crippen LogP contribution in [0.1, 0.15) is 0 Å². The zero-order valence-corrected chi connectivity index (χ0v) is 11.6. The van der Waals surface area contributed by atoms with E-state index in [0.717, 1.165) is 4.68 Å². The van der Waals surface area contributed by atoms with Crippen molar-refractivity contribution in [1.29, 1.82) is 0 Å². The summed E-state index contributed by atoms with van der Waals surface area (Å²) in [6.07, 6.45) is 1.35. The van der Waals surface area contributed by atoms with E-state index >= 15 is 0 Å². The van der Waals surface area contributed by atoms with Gasteiger partial charge in [-0.05, 0) is 43.6 Å². The van der Waals surface area contributed by atoms with Crippen LogP contribution in [0.25, 0.3) is 0 Å². The molecule has 90 valence electrons. The molecule has 9 heteroatoms. The van der Waals surface area contributed by atoms with Crippen molar-refractivity contribution in [1.82, 2.24) is 9.78 Å². The normalized spacial score (nSPS) is 11.8. The van der Waals surface area contributed by atoms with Gasteiger partial charge in [0.15, 0.2) is 0 Å². The van der Waals surface area contributed by atoms with E-state index in [1.807, 2.05) is 0 Å². The van der Waals surface area contributed by atoms with Gasteiger partial charge in [-0.25, -0.2) is 4.68 Å². The van der Waals surface area contributed by atoms with Crippen LogP contribution in [0.2, 0.25) is 0 Å². The van der Waals surface area contributed by atoms with Gasteiger partial charge in [-0.2, -0.15) is 18.3 Å². The number of thioether (sulfide) groups is 1. The zero-order chi connectivity index (χ0) is 12.3. The minimum atomic E-state index is -4.28. The van der Waals surface area contributed by atoms with Crippen LogP contribution >= 0.6 is 43.6 Å². The first-order valence-electron chi connectivity index (χ1n) is 3.93. The summed E-state index contributed by atoms with van der Waals surface area (Å²) in [5.74, 6) is -0.246. The molecule has 0 saturated heterocycles. The number of rotatable bonds is 3. The highest BCUT2D eigenvalue weighted by molar-refractivity contribution is 9.13. The molecule has 0 fully saturated rings. The highest BCUT2D eigenvalue weighted by Crippen LogP contribution is 2.29. The summed E-state index contributed by atoms with van der Waals surface area (Å²) in [5.41, 5.74) is -4.74. The predicted octanol–water partition coefficient (Wildman–Crippen LogP) is 3.02. The average Bonchev–Trinajstić information content (AvgIpc) is 2.16. The molecule has 0 spiro atoms. The van der Waals surface area contributed by atoms with E-state index < -0.39 is 11.1 Å². The van der Waals surface area contributed by atoms with Gasteiger partial charge >= 0.3 is 5.51 Å². The second-order valence-corrected chi connectivity index (χ2v) is 5.44. The third-order valence-corrected chi connectivity index (χ3v) is 4.12. The molecule has 0 unspecified atom stereocenters. The van der Waals surface area contributed by atoms with Crippen molar-refractivity contribution >= 4 is 43.6 Å². The first kappa shape index (κ1) is 14.0. The number of hydrogen-bond acceptors (Lipinski definition) is 3. The molecule has 16 heavy (non-hydrogen) atoms. The van der Waals surface area contributed by atoms with Gasteiger partial charge in [0.05, 0.1) is 17.2 Å². The van der Waals surface area contributed by atoms with E-state index in [0.29, 0.717) is 4.47 Å². The van der Waals surface area contributed by atoms with Crippen LogP contribution in [0.15, 0.2) is 19.9 Å². The molecule has 0 aliphatic carbocycles. The molecule has 0 aliphatic heterocycles. The van der Waals surface area contributed by atoms with Crippen molar-refractivity contribution in [2.75, 3.05) is 5.75 Å². The predicted molar refractivity (Wildman–Crippen MR) is 62.4 cm³/mol. The molecular formula is C7H5Br2F3N2OS. The average molecular weight is 382 g/mol. The molecule has 1 aromatic heterocycles. The Morgan fingerprint density at radius 2 is 2.06 bits per heavy atom. The third-order valence-electron chi connectivity index (χ3n) is 1.51. The molecule has 0 bridgehead atoms. The molecule has 0 aliphatic rings. The second-order valence-electron chi connectivity index (χ2n) is 2.63. The van der Waals surface area contributed by atoms with Gasteiger partial charge in [0.25, 0.3) is 5.56 Å². The number of aromatic nitrogens is 2.